The fraction of sp³-hybridized carbons (Fsp3) is 0.533. The largest absolute Gasteiger partial charge is 0.441 e. The van der Waals surface area contributed by atoms with Gasteiger partial charge in [-0.3, -0.25) is 0 Å². The highest BCUT2D eigenvalue weighted by atomic mass is 16.5. The first kappa shape index (κ1) is 14.0. The molecule has 0 amide bonds. The van der Waals surface area contributed by atoms with E-state index in [4.69, 9.17) is 9.15 Å². The lowest BCUT2D eigenvalue weighted by atomic mass is 9.89. The summed E-state index contributed by atoms with van der Waals surface area (Å²) in [4.78, 5) is 4.25. The van der Waals surface area contributed by atoms with Crippen molar-refractivity contribution in [3.63, 3.8) is 0 Å². The topological polar surface area (TPSA) is 55.5 Å². The molecule has 0 aliphatic rings. The van der Waals surface area contributed by atoms with Crippen molar-refractivity contribution in [1.29, 1.82) is 0 Å². The van der Waals surface area contributed by atoms with E-state index in [-0.39, 0.29) is 0 Å². The van der Waals surface area contributed by atoms with Crippen LogP contribution < -0.4 is 0 Å². The monoisotopic (exact) mass is 263 g/mol. The van der Waals surface area contributed by atoms with Gasteiger partial charge in [-0.05, 0) is 45.4 Å². The molecule has 19 heavy (non-hydrogen) atoms. The number of aryl methyl sites for hydroxylation is 1. The molecule has 0 aliphatic heterocycles. The van der Waals surface area contributed by atoms with Gasteiger partial charge in [-0.25, -0.2) is 4.98 Å². The molecule has 0 saturated heterocycles. The first-order valence-electron chi connectivity index (χ1n) is 6.41. The molecule has 0 unspecified atom stereocenters. The highest BCUT2D eigenvalue weighted by Crippen LogP contribution is 2.27. The van der Waals surface area contributed by atoms with Crippen LogP contribution in [0.25, 0.3) is 11.1 Å². The molecule has 1 heterocycles. The molecule has 0 radical (unpaired) electrons. The molecule has 0 saturated carbocycles. The number of hydrogen-bond donors (Lipinski definition) is 1. The number of aromatic nitrogens is 1. The van der Waals surface area contributed by atoms with Crippen molar-refractivity contribution in [1.82, 2.24) is 4.98 Å². The van der Waals surface area contributed by atoms with E-state index < -0.39 is 11.2 Å². The minimum Gasteiger partial charge on any atom is -0.441 e. The van der Waals surface area contributed by atoms with Crippen molar-refractivity contribution < 1.29 is 14.3 Å². The summed E-state index contributed by atoms with van der Waals surface area (Å²) in [6.07, 6.45) is 0. The van der Waals surface area contributed by atoms with Crippen LogP contribution in [-0.2, 0) is 11.3 Å². The minimum atomic E-state index is -0.903. The third kappa shape index (κ3) is 2.96. The molecule has 0 spiro atoms. The normalized spacial score (nSPS) is 13.2. The predicted octanol–water partition coefficient (Wildman–Crippen LogP) is 3.20. The molecule has 0 bridgehead atoms. The summed E-state index contributed by atoms with van der Waals surface area (Å²) in [6.45, 7) is 9.50. The summed E-state index contributed by atoms with van der Waals surface area (Å²) in [6, 6.07) is 5.81. The number of benzene rings is 1. The van der Waals surface area contributed by atoms with Gasteiger partial charge in [0.1, 0.15) is 5.52 Å². The fourth-order valence-corrected chi connectivity index (χ4v) is 1.61. The zero-order valence-electron chi connectivity index (χ0n) is 12.2. The van der Waals surface area contributed by atoms with E-state index in [1.165, 1.54) is 0 Å². The lowest BCUT2D eigenvalue weighted by molar-refractivity contribution is -0.153. The lowest BCUT2D eigenvalue weighted by Crippen LogP contribution is -2.47. The Labute approximate surface area is 113 Å². The molecule has 0 fully saturated rings. The Hall–Kier alpha value is -1.39. The zero-order valence-corrected chi connectivity index (χ0v) is 12.2. The number of fused-ring (bicyclic) bond motifs is 1. The van der Waals surface area contributed by atoms with E-state index >= 15 is 0 Å². The molecule has 2 aromatic rings. The summed E-state index contributed by atoms with van der Waals surface area (Å²) in [7, 11) is 0. The Morgan fingerprint density at radius 3 is 2.58 bits per heavy atom. The second-order valence-corrected chi connectivity index (χ2v) is 5.89. The first-order chi connectivity index (χ1) is 8.69. The van der Waals surface area contributed by atoms with Crippen LogP contribution in [0.2, 0.25) is 0 Å². The summed E-state index contributed by atoms with van der Waals surface area (Å²) >= 11 is 0. The van der Waals surface area contributed by atoms with Crippen molar-refractivity contribution in [3.8, 4) is 0 Å². The van der Waals surface area contributed by atoms with Crippen molar-refractivity contribution in [3.05, 3.63) is 29.7 Å². The highest BCUT2D eigenvalue weighted by Gasteiger charge is 2.35. The van der Waals surface area contributed by atoms with Gasteiger partial charge in [0.25, 0.3) is 0 Å². The Balaban J connectivity index is 2.14. The van der Waals surface area contributed by atoms with Crippen LogP contribution in [0.4, 0.5) is 0 Å². The molecule has 104 valence electrons. The number of rotatable bonds is 4. The summed E-state index contributed by atoms with van der Waals surface area (Å²) in [5.74, 6) is 0.657. The third-order valence-electron chi connectivity index (χ3n) is 3.63. The van der Waals surface area contributed by atoms with Gasteiger partial charge in [0.2, 0.25) is 0 Å². The van der Waals surface area contributed by atoms with Gasteiger partial charge >= 0.3 is 0 Å². The Morgan fingerprint density at radius 1 is 1.26 bits per heavy atom. The van der Waals surface area contributed by atoms with Gasteiger partial charge < -0.3 is 14.3 Å². The standard InChI is InChI=1S/C15H21NO3/c1-10-16-12-7-6-11(8-13(12)19-10)9-18-15(4,5)14(2,3)17/h6-8,17H,9H2,1-5H3. The van der Waals surface area contributed by atoms with Gasteiger partial charge in [0.15, 0.2) is 11.5 Å². The second-order valence-electron chi connectivity index (χ2n) is 5.89. The van der Waals surface area contributed by atoms with Crippen molar-refractivity contribution in [2.24, 2.45) is 0 Å². The van der Waals surface area contributed by atoms with Gasteiger partial charge in [-0.15, -0.1) is 0 Å². The molecule has 1 N–H and O–H groups in total. The molecule has 0 atom stereocenters. The maximum atomic E-state index is 10.0. The average Bonchev–Trinajstić information content (AvgIpc) is 2.64. The quantitative estimate of drug-likeness (QED) is 0.920. The van der Waals surface area contributed by atoms with E-state index in [1.54, 1.807) is 13.8 Å². The summed E-state index contributed by atoms with van der Waals surface area (Å²) < 4.78 is 11.3. The van der Waals surface area contributed by atoms with Crippen LogP contribution in [0.3, 0.4) is 0 Å². The molecule has 0 aliphatic carbocycles. The van der Waals surface area contributed by atoms with E-state index in [0.29, 0.717) is 12.5 Å². The maximum absolute atomic E-state index is 10.0. The molecule has 4 nitrogen and oxygen atoms in total. The third-order valence-corrected chi connectivity index (χ3v) is 3.63. The van der Waals surface area contributed by atoms with Gasteiger partial charge in [0.05, 0.1) is 17.8 Å². The van der Waals surface area contributed by atoms with E-state index in [2.05, 4.69) is 4.98 Å². The molecule has 4 heteroatoms. The van der Waals surface area contributed by atoms with Crippen molar-refractivity contribution in [2.75, 3.05) is 0 Å². The minimum absolute atomic E-state index is 0.423. The van der Waals surface area contributed by atoms with Crippen LogP contribution in [0, 0.1) is 6.92 Å². The SMILES string of the molecule is Cc1nc2ccc(COC(C)(C)C(C)(C)O)cc2o1. The summed E-state index contributed by atoms with van der Waals surface area (Å²) in [5.41, 5.74) is 1.09. The molecular weight excluding hydrogens is 242 g/mol. The molecule has 2 rings (SSSR count). The van der Waals surface area contributed by atoms with Gasteiger partial charge in [0, 0.05) is 6.92 Å². The summed E-state index contributed by atoms with van der Waals surface area (Å²) in [5, 5.41) is 10.0. The van der Waals surface area contributed by atoms with E-state index in [0.717, 1.165) is 16.7 Å². The Morgan fingerprint density at radius 2 is 1.95 bits per heavy atom. The molecule has 1 aromatic heterocycles. The van der Waals surface area contributed by atoms with E-state index in [1.807, 2.05) is 39.0 Å². The molecule has 1 aromatic carbocycles. The zero-order chi connectivity index (χ0) is 14.3. The predicted molar refractivity (Wildman–Crippen MR) is 73.9 cm³/mol. The first-order valence-corrected chi connectivity index (χ1v) is 6.41. The second kappa shape index (κ2) is 4.62. The number of nitrogens with zero attached hydrogens (tertiary/aromatic N) is 1. The van der Waals surface area contributed by atoms with Gasteiger partial charge in [-0.2, -0.15) is 0 Å². The van der Waals surface area contributed by atoms with Crippen LogP contribution in [0.1, 0.15) is 39.1 Å². The fourth-order valence-electron chi connectivity index (χ4n) is 1.61. The van der Waals surface area contributed by atoms with Crippen LogP contribution in [-0.4, -0.2) is 21.3 Å². The number of oxazole rings is 1. The van der Waals surface area contributed by atoms with Crippen molar-refractivity contribution >= 4 is 11.1 Å². The van der Waals surface area contributed by atoms with Crippen LogP contribution in [0.15, 0.2) is 22.6 Å². The maximum Gasteiger partial charge on any atom is 0.192 e. The Kier molecular flexibility index (Phi) is 3.41. The number of hydrogen-bond acceptors (Lipinski definition) is 4. The Bertz CT molecular complexity index is 579. The molecular formula is C15H21NO3. The van der Waals surface area contributed by atoms with E-state index in [9.17, 15) is 5.11 Å². The smallest absolute Gasteiger partial charge is 0.192 e. The lowest BCUT2D eigenvalue weighted by Gasteiger charge is -2.37. The number of aliphatic hydroxyl groups is 1. The average molecular weight is 263 g/mol. The van der Waals surface area contributed by atoms with Crippen LogP contribution >= 0.6 is 0 Å². The number of ether oxygens (including phenoxy) is 1. The van der Waals surface area contributed by atoms with Gasteiger partial charge in [-0.1, -0.05) is 6.07 Å². The van der Waals surface area contributed by atoms with Crippen molar-refractivity contribution in [2.45, 2.75) is 52.4 Å². The highest BCUT2D eigenvalue weighted by molar-refractivity contribution is 5.73. The van der Waals surface area contributed by atoms with Crippen LogP contribution in [0.5, 0.6) is 0 Å².